The summed E-state index contributed by atoms with van der Waals surface area (Å²) >= 11 is 8.39. The van der Waals surface area contributed by atoms with E-state index < -0.39 is 0 Å². The van der Waals surface area contributed by atoms with E-state index in [0.29, 0.717) is 10.8 Å². The van der Waals surface area contributed by atoms with Crippen LogP contribution in [0.5, 0.6) is 0 Å². The Bertz CT molecular complexity index is 1830. The molecule has 0 fully saturated rings. The standard InChI is InChI=1S/C28H16ClN3S/c29-27-25(30-26-19-12-5-7-16-23(19)33-28(26)31-27)20-13-8-15-22-24(20)18-11-4-6-14-21(18)32(22)17-9-2-1-3-10-17/h1-16H. The monoisotopic (exact) mass is 461 g/mol. The molecule has 0 aliphatic carbocycles. The number of rotatable bonds is 2. The van der Waals surface area contributed by atoms with E-state index in [1.165, 1.54) is 10.1 Å². The van der Waals surface area contributed by atoms with Gasteiger partial charge in [-0.2, -0.15) is 0 Å². The lowest BCUT2D eigenvalue weighted by Gasteiger charge is -2.09. The Hall–Kier alpha value is -3.73. The Morgan fingerprint density at radius 3 is 2.27 bits per heavy atom. The molecule has 0 saturated carbocycles. The molecule has 0 amide bonds. The van der Waals surface area contributed by atoms with Gasteiger partial charge in [-0.1, -0.05) is 78.3 Å². The molecule has 0 aliphatic heterocycles. The third-order valence-electron chi connectivity index (χ3n) is 6.14. The van der Waals surface area contributed by atoms with Gasteiger partial charge in [0.2, 0.25) is 0 Å². The molecule has 7 rings (SSSR count). The first-order valence-electron chi connectivity index (χ1n) is 10.7. The molecule has 7 aromatic rings. The number of benzene rings is 4. The molecular weight excluding hydrogens is 446 g/mol. The van der Waals surface area contributed by atoms with E-state index in [9.17, 15) is 0 Å². The lowest BCUT2D eigenvalue weighted by Crippen LogP contribution is -1.93. The largest absolute Gasteiger partial charge is 0.309 e. The first-order chi connectivity index (χ1) is 16.3. The van der Waals surface area contributed by atoms with Crippen LogP contribution in [0.25, 0.3) is 59.2 Å². The number of aromatic nitrogens is 3. The molecule has 0 atom stereocenters. The number of hydrogen-bond acceptors (Lipinski definition) is 3. The van der Waals surface area contributed by atoms with E-state index in [-0.39, 0.29) is 0 Å². The summed E-state index contributed by atoms with van der Waals surface area (Å²) in [5, 5.41) is 3.84. The highest BCUT2D eigenvalue weighted by molar-refractivity contribution is 7.25. The van der Waals surface area contributed by atoms with Crippen molar-refractivity contribution in [2.75, 3.05) is 0 Å². The minimum absolute atomic E-state index is 0.429. The van der Waals surface area contributed by atoms with Crippen LogP contribution in [0.4, 0.5) is 0 Å². The zero-order valence-corrected chi connectivity index (χ0v) is 18.9. The minimum Gasteiger partial charge on any atom is -0.309 e. The van der Waals surface area contributed by atoms with E-state index in [2.05, 4.69) is 83.4 Å². The van der Waals surface area contributed by atoms with Gasteiger partial charge >= 0.3 is 0 Å². The summed E-state index contributed by atoms with van der Waals surface area (Å²) in [4.78, 5) is 10.7. The van der Waals surface area contributed by atoms with E-state index in [1.807, 2.05) is 18.2 Å². The summed E-state index contributed by atoms with van der Waals surface area (Å²) in [6.07, 6.45) is 0. The third kappa shape index (κ3) is 2.75. The summed E-state index contributed by atoms with van der Waals surface area (Å²) in [6.45, 7) is 0. The van der Waals surface area contributed by atoms with E-state index in [1.54, 1.807) is 11.3 Å². The van der Waals surface area contributed by atoms with Gasteiger partial charge in [0.15, 0.2) is 5.15 Å². The summed E-state index contributed by atoms with van der Waals surface area (Å²) in [7, 11) is 0. The fraction of sp³-hybridized carbons (Fsp3) is 0. The molecule has 0 N–H and O–H groups in total. The van der Waals surface area contributed by atoms with Crippen LogP contribution in [-0.2, 0) is 0 Å². The predicted molar refractivity (Wildman–Crippen MR) is 140 cm³/mol. The smallest absolute Gasteiger partial charge is 0.157 e. The maximum atomic E-state index is 6.77. The van der Waals surface area contributed by atoms with Crippen molar-refractivity contribution in [1.82, 2.24) is 14.5 Å². The van der Waals surface area contributed by atoms with Gasteiger partial charge in [0.1, 0.15) is 16.0 Å². The molecule has 5 heteroatoms. The predicted octanol–water partition coefficient (Wildman–Crippen LogP) is 8.26. The topological polar surface area (TPSA) is 30.7 Å². The average Bonchev–Trinajstić information content (AvgIpc) is 3.39. The first-order valence-corrected chi connectivity index (χ1v) is 11.9. The van der Waals surface area contributed by atoms with Gasteiger partial charge in [-0.05, 0) is 30.3 Å². The molecule has 0 bridgehead atoms. The van der Waals surface area contributed by atoms with Gasteiger partial charge in [0.25, 0.3) is 0 Å². The van der Waals surface area contributed by atoms with E-state index in [0.717, 1.165) is 43.4 Å². The second kappa shape index (κ2) is 7.14. The van der Waals surface area contributed by atoms with Crippen LogP contribution in [0.1, 0.15) is 0 Å². The summed E-state index contributed by atoms with van der Waals surface area (Å²) in [5.74, 6) is 0. The zero-order chi connectivity index (χ0) is 21.9. The minimum atomic E-state index is 0.429. The maximum absolute atomic E-state index is 6.77. The SMILES string of the molecule is Clc1nc2sc3ccccc3c2nc1-c1cccc2c1c1ccccc1n2-c1ccccc1. The van der Waals surface area contributed by atoms with Crippen LogP contribution in [0, 0.1) is 0 Å². The highest BCUT2D eigenvalue weighted by atomic mass is 35.5. The summed E-state index contributed by atoms with van der Waals surface area (Å²) < 4.78 is 3.47. The Labute approximate surface area is 198 Å². The third-order valence-corrected chi connectivity index (χ3v) is 7.45. The molecule has 4 aromatic carbocycles. The van der Waals surface area contributed by atoms with E-state index >= 15 is 0 Å². The van der Waals surface area contributed by atoms with Crippen LogP contribution in [0.2, 0.25) is 5.15 Å². The van der Waals surface area contributed by atoms with Gasteiger partial charge in [-0.15, -0.1) is 11.3 Å². The number of thiophene rings is 1. The van der Waals surface area contributed by atoms with Crippen LogP contribution in [0.3, 0.4) is 0 Å². The van der Waals surface area contributed by atoms with Crippen molar-refractivity contribution >= 4 is 65.2 Å². The van der Waals surface area contributed by atoms with Crippen molar-refractivity contribution in [2.45, 2.75) is 0 Å². The van der Waals surface area contributed by atoms with Gasteiger partial charge in [-0.25, -0.2) is 9.97 Å². The highest BCUT2D eigenvalue weighted by Crippen LogP contribution is 2.41. The Morgan fingerprint density at radius 1 is 0.667 bits per heavy atom. The van der Waals surface area contributed by atoms with Crippen molar-refractivity contribution in [3.05, 3.63) is 102 Å². The quantitative estimate of drug-likeness (QED) is 0.259. The highest BCUT2D eigenvalue weighted by Gasteiger charge is 2.20. The Kier molecular flexibility index (Phi) is 4.07. The van der Waals surface area contributed by atoms with Crippen LogP contribution >= 0.6 is 22.9 Å². The fourth-order valence-electron chi connectivity index (χ4n) is 4.75. The second-order valence-corrected chi connectivity index (χ2v) is 9.39. The van der Waals surface area contributed by atoms with Gasteiger partial charge in [0.05, 0.1) is 11.0 Å². The van der Waals surface area contributed by atoms with Crippen molar-refractivity contribution in [1.29, 1.82) is 0 Å². The summed E-state index contributed by atoms with van der Waals surface area (Å²) in [5.41, 5.74) is 6.00. The molecule has 0 aliphatic rings. The van der Waals surface area contributed by atoms with E-state index in [4.69, 9.17) is 21.6 Å². The number of fused-ring (bicyclic) bond motifs is 6. The van der Waals surface area contributed by atoms with Crippen molar-refractivity contribution in [2.24, 2.45) is 0 Å². The zero-order valence-electron chi connectivity index (χ0n) is 17.4. The number of para-hydroxylation sites is 2. The van der Waals surface area contributed by atoms with Crippen molar-refractivity contribution < 1.29 is 0 Å². The molecule has 3 nitrogen and oxygen atoms in total. The summed E-state index contributed by atoms with van der Waals surface area (Å²) in [6, 6.07) is 33.5. The average molecular weight is 462 g/mol. The molecule has 0 saturated heterocycles. The van der Waals surface area contributed by atoms with Crippen molar-refractivity contribution in [3.8, 4) is 16.9 Å². The molecule has 0 radical (unpaired) electrons. The molecule has 0 spiro atoms. The number of halogens is 1. The Morgan fingerprint density at radius 2 is 1.39 bits per heavy atom. The number of hydrogen-bond donors (Lipinski definition) is 0. The molecular formula is C28H16ClN3S. The normalized spacial score (nSPS) is 11.8. The van der Waals surface area contributed by atoms with Gasteiger partial charge in [0, 0.05) is 32.1 Å². The lowest BCUT2D eigenvalue weighted by atomic mass is 10.0. The van der Waals surface area contributed by atoms with Crippen LogP contribution < -0.4 is 0 Å². The van der Waals surface area contributed by atoms with Gasteiger partial charge < -0.3 is 4.57 Å². The van der Waals surface area contributed by atoms with Crippen LogP contribution in [-0.4, -0.2) is 14.5 Å². The fourth-order valence-corrected chi connectivity index (χ4v) is 6.04. The van der Waals surface area contributed by atoms with Crippen LogP contribution in [0.15, 0.2) is 97.1 Å². The number of nitrogens with zero attached hydrogens (tertiary/aromatic N) is 3. The maximum Gasteiger partial charge on any atom is 0.157 e. The second-order valence-electron chi connectivity index (χ2n) is 8.00. The molecule has 0 unspecified atom stereocenters. The van der Waals surface area contributed by atoms with Gasteiger partial charge in [-0.3, -0.25) is 0 Å². The lowest BCUT2D eigenvalue weighted by molar-refractivity contribution is 1.18. The molecule has 156 valence electrons. The molecule has 3 aromatic heterocycles. The van der Waals surface area contributed by atoms with Crippen molar-refractivity contribution in [3.63, 3.8) is 0 Å². The molecule has 3 heterocycles. The molecule has 33 heavy (non-hydrogen) atoms. The first kappa shape index (κ1) is 18.8. The Balaban J connectivity index is 1.61.